The molecule has 134 valence electrons. The Morgan fingerprint density at radius 3 is 2.48 bits per heavy atom. The highest BCUT2D eigenvalue weighted by Crippen LogP contribution is 2.23. The summed E-state index contributed by atoms with van der Waals surface area (Å²) in [6.45, 7) is 6.14. The van der Waals surface area contributed by atoms with Gasteiger partial charge in [0.15, 0.2) is 0 Å². The topological polar surface area (TPSA) is 62.4 Å². The molecule has 0 aliphatic rings. The van der Waals surface area contributed by atoms with Crippen LogP contribution in [0.15, 0.2) is 48.5 Å². The number of amides is 2. The predicted molar refractivity (Wildman–Crippen MR) is 103 cm³/mol. The summed E-state index contributed by atoms with van der Waals surface area (Å²) in [5.74, 6) is 0.356. The first-order chi connectivity index (χ1) is 12.1. The van der Waals surface area contributed by atoms with E-state index in [0.29, 0.717) is 19.1 Å². The van der Waals surface area contributed by atoms with Gasteiger partial charge in [0, 0.05) is 31.6 Å². The maximum Gasteiger partial charge on any atom is 0.319 e. The number of carbonyl (C=O) groups excluding carboxylic acids is 1. The van der Waals surface area contributed by atoms with Gasteiger partial charge in [0.05, 0.1) is 6.61 Å². The zero-order valence-corrected chi connectivity index (χ0v) is 15.1. The lowest BCUT2D eigenvalue weighted by molar-refractivity contribution is 0.211. The van der Waals surface area contributed by atoms with E-state index in [4.69, 9.17) is 4.74 Å². The van der Waals surface area contributed by atoms with Crippen LogP contribution < -0.4 is 16.0 Å². The van der Waals surface area contributed by atoms with Crippen molar-refractivity contribution in [2.45, 2.75) is 26.3 Å². The number of methoxy groups -OCH3 is 1. The smallest absolute Gasteiger partial charge is 0.319 e. The molecule has 2 aromatic rings. The van der Waals surface area contributed by atoms with E-state index in [1.54, 1.807) is 7.11 Å². The van der Waals surface area contributed by atoms with Crippen molar-refractivity contribution >= 4 is 17.4 Å². The normalized spacial score (nSPS) is 10.6. The first kappa shape index (κ1) is 18.8. The zero-order valence-electron chi connectivity index (χ0n) is 15.1. The number of nitrogens with one attached hydrogen (secondary N) is 3. The Morgan fingerprint density at radius 1 is 1.08 bits per heavy atom. The molecular formula is C20H27N3O2. The van der Waals surface area contributed by atoms with Crippen molar-refractivity contribution in [3.8, 4) is 0 Å². The van der Waals surface area contributed by atoms with Crippen LogP contribution in [0.2, 0.25) is 0 Å². The number of benzene rings is 2. The Balaban J connectivity index is 1.84. The fraction of sp³-hybridized carbons (Fsp3) is 0.350. The minimum atomic E-state index is -0.199. The summed E-state index contributed by atoms with van der Waals surface area (Å²) >= 11 is 0. The summed E-state index contributed by atoms with van der Waals surface area (Å²) in [6, 6.07) is 15.7. The van der Waals surface area contributed by atoms with Crippen LogP contribution in [0.3, 0.4) is 0 Å². The van der Waals surface area contributed by atoms with Crippen LogP contribution in [-0.4, -0.2) is 26.3 Å². The van der Waals surface area contributed by atoms with E-state index in [-0.39, 0.29) is 6.03 Å². The van der Waals surface area contributed by atoms with Crippen LogP contribution in [0.1, 0.15) is 30.9 Å². The molecule has 0 aliphatic carbocycles. The van der Waals surface area contributed by atoms with E-state index in [2.05, 4.69) is 29.8 Å². The molecule has 0 radical (unpaired) electrons. The Labute approximate surface area is 149 Å². The van der Waals surface area contributed by atoms with Gasteiger partial charge in [-0.15, -0.1) is 0 Å². The summed E-state index contributed by atoms with van der Waals surface area (Å²) in [7, 11) is 1.68. The molecule has 0 saturated carbocycles. The number of anilines is 2. The van der Waals surface area contributed by atoms with Crippen molar-refractivity contribution in [1.82, 2.24) is 5.32 Å². The van der Waals surface area contributed by atoms with Crippen LogP contribution in [0.5, 0.6) is 0 Å². The number of rotatable bonds is 8. The summed E-state index contributed by atoms with van der Waals surface area (Å²) in [4.78, 5) is 12.2. The lowest BCUT2D eigenvalue weighted by Crippen LogP contribution is -2.28. The highest BCUT2D eigenvalue weighted by atomic mass is 16.5. The molecule has 0 spiro atoms. The molecule has 0 aromatic heterocycles. The number of hydrogen-bond donors (Lipinski definition) is 3. The lowest BCUT2D eigenvalue weighted by atomic mass is 10.0. The van der Waals surface area contributed by atoms with Crippen molar-refractivity contribution in [3.63, 3.8) is 0 Å². The highest BCUT2D eigenvalue weighted by molar-refractivity contribution is 5.90. The first-order valence-electron chi connectivity index (χ1n) is 8.55. The Morgan fingerprint density at radius 2 is 1.80 bits per heavy atom. The summed E-state index contributed by atoms with van der Waals surface area (Å²) in [5, 5.41) is 9.09. The molecule has 2 amide bonds. The van der Waals surface area contributed by atoms with Gasteiger partial charge in [-0.2, -0.15) is 0 Å². The molecule has 0 heterocycles. The van der Waals surface area contributed by atoms with E-state index in [9.17, 15) is 4.79 Å². The maximum absolute atomic E-state index is 12.2. The monoisotopic (exact) mass is 341 g/mol. The maximum atomic E-state index is 12.2. The second kappa shape index (κ2) is 9.69. The molecule has 0 aliphatic heterocycles. The van der Waals surface area contributed by atoms with Gasteiger partial charge in [-0.1, -0.05) is 44.2 Å². The van der Waals surface area contributed by atoms with Gasteiger partial charge >= 0.3 is 6.03 Å². The van der Waals surface area contributed by atoms with E-state index < -0.39 is 0 Å². The Hall–Kier alpha value is -2.53. The van der Waals surface area contributed by atoms with Crippen molar-refractivity contribution in [2.75, 3.05) is 30.9 Å². The third kappa shape index (κ3) is 6.12. The summed E-state index contributed by atoms with van der Waals surface area (Å²) in [6.07, 6.45) is 0. The molecule has 5 heteroatoms. The molecule has 3 N–H and O–H groups in total. The molecule has 25 heavy (non-hydrogen) atoms. The van der Waals surface area contributed by atoms with Gasteiger partial charge < -0.3 is 20.7 Å². The SMILES string of the molecule is COCCNc1ccc(CNC(=O)Nc2ccccc2C(C)C)cc1. The molecule has 2 aromatic carbocycles. The summed E-state index contributed by atoms with van der Waals surface area (Å²) in [5.41, 5.74) is 4.07. The van der Waals surface area contributed by atoms with E-state index >= 15 is 0 Å². The number of carbonyl (C=O) groups is 1. The highest BCUT2D eigenvalue weighted by Gasteiger charge is 2.08. The predicted octanol–water partition coefficient (Wildman–Crippen LogP) is 4.19. The summed E-state index contributed by atoms with van der Waals surface area (Å²) < 4.78 is 5.01. The number of hydrogen-bond acceptors (Lipinski definition) is 3. The van der Waals surface area contributed by atoms with Gasteiger partial charge in [-0.3, -0.25) is 0 Å². The second-order valence-corrected chi connectivity index (χ2v) is 6.17. The van der Waals surface area contributed by atoms with E-state index in [1.165, 1.54) is 0 Å². The van der Waals surface area contributed by atoms with Crippen molar-refractivity contribution in [2.24, 2.45) is 0 Å². The Bertz CT molecular complexity index is 669. The van der Waals surface area contributed by atoms with Gasteiger partial charge in [0.2, 0.25) is 0 Å². The largest absolute Gasteiger partial charge is 0.383 e. The number of urea groups is 1. The first-order valence-corrected chi connectivity index (χ1v) is 8.55. The van der Waals surface area contributed by atoms with Crippen LogP contribution in [-0.2, 0) is 11.3 Å². The van der Waals surface area contributed by atoms with E-state index in [0.717, 1.165) is 29.0 Å². The van der Waals surface area contributed by atoms with Crippen molar-refractivity contribution in [3.05, 3.63) is 59.7 Å². The fourth-order valence-electron chi connectivity index (χ4n) is 2.50. The zero-order chi connectivity index (χ0) is 18.1. The van der Waals surface area contributed by atoms with E-state index in [1.807, 2.05) is 48.5 Å². The average Bonchev–Trinajstić information content (AvgIpc) is 2.61. The minimum absolute atomic E-state index is 0.199. The van der Waals surface area contributed by atoms with Gasteiger partial charge in [0.1, 0.15) is 0 Å². The average molecular weight is 341 g/mol. The third-order valence-electron chi connectivity index (χ3n) is 3.87. The van der Waals surface area contributed by atoms with Crippen LogP contribution in [0.4, 0.5) is 16.2 Å². The van der Waals surface area contributed by atoms with Crippen LogP contribution in [0.25, 0.3) is 0 Å². The van der Waals surface area contributed by atoms with Crippen LogP contribution >= 0.6 is 0 Å². The molecule has 5 nitrogen and oxygen atoms in total. The Kier molecular flexibility index (Phi) is 7.29. The third-order valence-corrected chi connectivity index (χ3v) is 3.87. The fourth-order valence-corrected chi connectivity index (χ4v) is 2.50. The van der Waals surface area contributed by atoms with Gasteiger partial charge in [-0.05, 0) is 35.2 Å². The molecule has 2 rings (SSSR count). The quantitative estimate of drug-likeness (QED) is 0.631. The van der Waals surface area contributed by atoms with Crippen LogP contribution in [0, 0.1) is 0 Å². The number of ether oxygens (including phenoxy) is 1. The second-order valence-electron chi connectivity index (χ2n) is 6.17. The molecule has 0 saturated heterocycles. The minimum Gasteiger partial charge on any atom is -0.383 e. The number of para-hydroxylation sites is 1. The van der Waals surface area contributed by atoms with Gasteiger partial charge in [0.25, 0.3) is 0 Å². The lowest BCUT2D eigenvalue weighted by Gasteiger charge is -2.14. The van der Waals surface area contributed by atoms with Gasteiger partial charge in [-0.25, -0.2) is 4.79 Å². The molecule has 0 unspecified atom stereocenters. The molecular weight excluding hydrogens is 314 g/mol. The standard InChI is InChI=1S/C20H27N3O2/c1-15(2)18-6-4-5-7-19(18)23-20(24)22-14-16-8-10-17(11-9-16)21-12-13-25-3/h4-11,15,21H,12-14H2,1-3H3,(H2,22,23,24). The molecule has 0 bridgehead atoms. The molecule has 0 fully saturated rings. The van der Waals surface area contributed by atoms with Crippen molar-refractivity contribution in [1.29, 1.82) is 0 Å². The van der Waals surface area contributed by atoms with Crippen molar-refractivity contribution < 1.29 is 9.53 Å². The molecule has 0 atom stereocenters.